The van der Waals surface area contributed by atoms with Crippen molar-refractivity contribution >= 4 is 14.1 Å². The summed E-state index contributed by atoms with van der Waals surface area (Å²) in [5.74, 6) is 2.06. The van der Waals surface area contributed by atoms with Gasteiger partial charge in [-0.3, -0.25) is 14.3 Å². The average molecular weight is 299 g/mol. The normalized spacial score (nSPS) is 11.1. The summed E-state index contributed by atoms with van der Waals surface area (Å²) >= 11 is 0. The minimum atomic E-state index is -4.70. The van der Waals surface area contributed by atoms with Gasteiger partial charge in [0, 0.05) is 24.1 Å². The summed E-state index contributed by atoms with van der Waals surface area (Å²) < 4.78 is 15.1. The fourth-order valence-corrected chi connectivity index (χ4v) is 1.95. The highest BCUT2D eigenvalue weighted by atomic mass is 31.2. The van der Waals surface area contributed by atoms with Crippen LogP contribution in [-0.2, 0) is 22.1 Å². The van der Waals surface area contributed by atoms with E-state index in [4.69, 9.17) is 16.2 Å². The predicted molar refractivity (Wildman–Crippen MR) is 70.0 cm³/mol. The second-order valence-electron chi connectivity index (χ2n) is 3.97. The Bertz CT molecular complexity index is 601. The third kappa shape index (κ3) is 4.15. The summed E-state index contributed by atoms with van der Waals surface area (Å²) in [6, 6.07) is 0. The van der Waals surface area contributed by atoms with Crippen LogP contribution in [-0.4, -0.2) is 26.2 Å². The second-order valence-corrected chi connectivity index (χ2v) is 5.21. The van der Waals surface area contributed by atoms with Gasteiger partial charge in [-0.15, -0.1) is 12.3 Å². The van der Waals surface area contributed by atoms with Gasteiger partial charge in [-0.05, 0) is 6.92 Å². The number of carbonyl (C=O) groups is 1. The van der Waals surface area contributed by atoms with Crippen LogP contribution in [0, 0.1) is 19.3 Å². The van der Waals surface area contributed by atoms with E-state index in [1.165, 1.54) is 6.92 Å². The van der Waals surface area contributed by atoms with E-state index in [-0.39, 0.29) is 22.6 Å². The molecule has 0 saturated carbocycles. The number of carbonyl (C=O) groups excluding carboxylic acids is 1. The van der Waals surface area contributed by atoms with Crippen molar-refractivity contribution < 1.29 is 28.8 Å². The van der Waals surface area contributed by atoms with Crippen molar-refractivity contribution in [1.29, 1.82) is 0 Å². The Morgan fingerprint density at radius 1 is 1.50 bits per heavy atom. The smallest absolute Gasteiger partial charge is 0.469 e. The van der Waals surface area contributed by atoms with Crippen molar-refractivity contribution in [2.75, 3.05) is 0 Å². The Balaban J connectivity index is 3.27. The number of hydrogen-bond donors (Lipinski definition) is 3. The first-order valence-corrected chi connectivity index (χ1v) is 7.13. The van der Waals surface area contributed by atoms with Crippen molar-refractivity contribution in [3.05, 3.63) is 22.5 Å². The molecule has 0 aromatic carbocycles. The molecule has 3 N–H and O–H groups in total. The van der Waals surface area contributed by atoms with Gasteiger partial charge in [-0.2, -0.15) is 0 Å². The molecule has 1 aromatic rings. The Morgan fingerprint density at radius 2 is 2.15 bits per heavy atom. The lowest BCUT2D eigenvalue weighted by Crippen LogP contribution is -2.07. The monoisotopic (exact) mass is 299 g/mol. The van der Waals surface area contributed by atoms with Gasteiger partial charge in [0.15, 0.2) is 6.29 Å². The first-order valence-electron chi connectivity index (χ1n) is 5.60. The van der Waals surface area contributed by atoms with Crippen LogP contribution in [0.4, 0.5) is 0 Å². The minimum absolute atomic E-state index is 0.0991. The SMILES string of the molecule is C#CCCc1nc(C)c(O)c(C=O)c1COP(=O)(O)O. The molecule has 1 aromatic heterocycles. The van der Waals surface area contributed by atoms with Crippen LogP contribution in [0.3, 0.4) is 0 Å². The number of rotatable bonds is 6. The summed E-state index contributed by atoms with van der Waals surface area (Å²) in [6.45, 7) is 0.967. The van der Waals surface area contributed by atoms with E-state index in [2.05, 4.69) is 15.4 Å². The van der Waals surface area contributed by atoms with Crippen molar-refractivity contribution in [2.24, 2.45) is 0 Å². The topological polar surface area (TPSA) is 117 Å². The van der Waals surface area contributed by atoms with Crippen LogP contribution in [0.2, 0.25) is 0 Å². The number of aromatic nitrogens is 1. The molecule has 8 heteroatoms. The number of aldehydes is 1. The third-order valence-corrected chi connectivity index (χ3v) is 3.04. The molecule has 0 aliphatic rings. The third-order valence-electron chi connectivity index (χ3n) is 2.58. The van der Waals surface area contributed by atoms with Gasteiger partial charge >= 0.3 is 7.82 Å². The number of phosphoric acid groups is 1. The lowest BCUT2D eigenvalue weighted by atomic mass is 10.0. The predicted octanol–water partition coefficient (Wildman–Crippen LogP) is 1.08. The zero-order valence-corrected chi connectivity index (χ0v) is 11.6. The van der Waals surface area contributed by atoms with Crippen LogP contribution in [0.1, 0.15) is 33.7 Å². The summed E-state index contributed by atoms with van der Waals surface area (Å²) in [7, 11) is -4.70. The molecule has 0 fully saturated rings. The molecule has 0 atom stereocenters. The molecule has 108 valence electrons. The van der Waals surface area contributed by atoms with Crippen molar-refractivity contribution in [2.45, 2.75) is 26.4 Å². The number of aromatic hydroxyl groups is 1. The highest BCUT2D eigenvalue weighted by Crippen LogP contribution is 2.38. The summed E-state index contributed by atoms with van der Waals surface area (Å²) in [4.78, 5) is 32.6. The number of aryl methyl sites for hydroxylation is 2. The summed E-state index contributed by atoms with van der Waals surface area (Å²) in [5.41, 5.74) is 0.632. The fourth-order valence-electron chi connectivity index (χ4n) is 1.65. The van der Waals surface area contributed by atoms with Crippen molar-refractivity contribution in [1.82, 2.24) is 4.98 Å². The van der Waals surface area contributed by atoms with Crippen LogP contribution in [0.25, 0.3) is 0 Å². The van der Waals surface area contributed by atoms with E-state index < -0.39 is 14.4 Å². The van der Waals surface area contributed by atoms with E-state index in [0.29, 0.717) is 24.8 Å². The van der Waals surface area contributed by atoms with Crippen LogP contribution < -0.4 is 0 Å². The zero-order valence-electron chi connectivity index (χ0n) is 10.7. The Labute approximate surface area is 115 Å². The van der Waals surface area contributed by atoms with Crippen molar-refractivity contribution in [3.8, 4) is 18.1 Å². The first kappa shape index (κ1) is 16.3. The lowest BCUT2D eigenvalue weighted by Gasteiger charge is -2.14. The summed E-state index contributed by atoms with van der Waals surface area (Å²) in [5, 5.41) is 9.77. The van der Waals surface area contributed by atoms with E-state index in [1.54, 1.807) is 0 Å². The van der Waals surface area contributed by atoms with Gasteiger partial charge < -0.3 is 14.9 Å². The molecule has 0 saturated heterocycles. The highest BCUT2D eigenvalue weighted by molar-refractivity contribution is 7.46. The molecule has 1 heterocycles. The van der Waals surface area contributed by atoms with E-state index in [9.17, 15) is 14.5 Å². The van der Waals surface area contributed by atoms with Crippen LogP contribution >= 0.6 is 7.82 Å². The molecule has 0 aliphatic carbocycles. The van der Waals surface area contributed by atoms with Gasteiger partial charge in [0.2, 0.25) is 0 Å². The molecule has 0 unspecified atom stereocenters. The molecule has 0 radical (unpaired) electrons. The number of hydrogen-bond acceptors (Lipinski definition) is 5. The molecule has 0 bridgehead atoms. The Kier molecular flexibility index (Phi) is 5.43. The van der Waals surface area contributed by atoms with Gasteiger partial charge in [0.05, 0.1) is 17.9 Å². The number of pyridine rings is 1. The molecule has 0 aliphatic heterocycles. The molecule has 20 heavy (non-hydrogen) atoms. The first-order chi connectivity index (χ1) is 9.30. The number of phosphoric ester groups is 1. The minimum Gasteiger partial charge on any atom is -0.505 e. The molecule has 0 amide bonds. The van der Waals surface area contributed by atoms with Gasteiger partial charge in [0.1, 0.15) is 5.75 Å². The van der Waals surface area contributed by atoms with Crippen LogP contribution in [0.5, 0.6) is 5.75 Å². The van der Waals surface area contributed by atoms with E-state index in [0.717, 1.165) is 0 Å². The zero-order chi connectivity index (χ0) is 15.3. The number of terminal acetylenes is 1. The highest BCUT2D eigenvalue weighted by Gasteiger charge is 2.21. The molecule has 7 nitrogen and oxygen atoms in total. The van der Waals surface area contributed by atoms with Gasteiger partial charge in [0.25, 0.3) is 0 Å². The maximum Gasteiger partial charge on any atom is 0.469 e. The Morgan fingerprint density at radius 3 is 2.65 bits per heavy atom. The average Bonchev–Trinajstić information content (AvgIpc) is 2.36. The lowest BCUT2D eigenvalue weighted by molar-refractivity contribution is 0.111. The quantitative estimate of drug-likeness (QED) is 0.409. The molecule has 1 rings (SSSR count). The maximum absolute atomic E-state index is 11.1. The van der Waals surface area contributed by atoms with Crippen LogP contribution in [0.15, 0.2) is 0 Å². The second kappa shape index (κ2) is 6.64. The maximum atomic E-state index is 11.1. The van der Waals surface area contributed by atoms with E-state index >= 15 is 0 Å². The molecular weight excluding hydrogens is 285 g/mol. The van der Waals surface area contributed by atoms with Gasteiger partial charge in [-0.25, -0.2) is 4.57 Å². The van der Waals surface area contributed by atoms with E-state index in [1.807, 2.05) is 0 Å². The largest absolute Gasteiger partial charge is 0.505 e. The molecular formula is C12H14NO6P. The van der Waals surface area contributed by atoms with Gasteiger partial charge in [-0.1, -0.05) is 0 Å². The molecule has 0 spiro atoms. The summed E-state index contributed by atoms with van der Waals surface area (Å²) in [6.07, 6.45) is 6.18. The van der Waals surface area contributed by atoms with Crippen molar-refractivity contribution in [3.63, 3.8) is 0 Å². The Hall–Kier alpha value is -1.71. The number of nitrogens with zero attached hydrogens (tertiary/aromatic N) is 1. The standard InChI is InChI=1S/C12H14NO6P/c1-3-4-5-11-10(7-19-20(16,17)18)9(6-14)12(15)8(2)13-11/h1,6,15H,4-5,7H2,2H3,(H2,16,17,18). The fraction of sp³-hybridized carbons (Fsp3) is 0.333.